The number of aromatic nitrogens is 3. The molecule has 24 heavy (non-hydrogen) atoms. The Morgan fingerprint density at radius 2 is 1.92 bits per heavy atom. The number of hydrogen-bond acceptors (Lipinski definition) is 4. The van der Waals surface area contributed by atoms with Gasteiger partial charge in [0, 0.05) is 22.9 Å². The van der Waals surface area contributed by atoms with Crippen LogP contribution in [0.5, 0.6) is 5.75 Å². The van der Waals surface area contributed by atoms with Gasteiger partial charge >= 0.3 is 0 Å². The highest BCUT2D eigenvalue weighted by atomic mass is 35.5. The summed E-state index contributed by atoms with van der Waals surface area (Å²) in [5, 5.41) is 10.3. The third-order valence-electron chi connectivity index (χ3n) is 3.64. The molecule has 0 aliphatic carbocycles. The molecule has 0 radical (unpaired) electrons. The summed E-state index contributed by atoms with van der Waals surface area (Å²) in [6, 6.07) is 15.8. The maximum absolute atomic E-state index is 6.09. The molecule has 1 heterocycles. The number of rotatable bonds is 6. The molecular formula is C18H18ClN3OS. The van der Waals surface area contributed by atoms with Gasteiger partial charge in [-0.3, -0.25) is 0 Å². The molecule has 0 aliphatic rings. The molecule has 4 nitrogen and oxygen atoms in total. The Bertz CT molecular complexity index is 817. The van der Waals surface area contributed by atoms with E-state index in [4.69, 9.17) is 16.3 Å². The normalized spacial score (nSPS) is 10.8. The second-order valence-electron chi connectivity index (χ2n) is 5.20. The molecule has 6 heteroatoms. The predicted molar refractivity (Wildman–Crippen MR) is 98.7 cm³/mol. The van der Waals surface area contributed by atoms with Gasteiger partial charge in [0.1, 0.15) is 5.75 Å². The highest BCUT2D eigenvalue weighted by Gasteiger charge is 2.13. The zero-order valence-electron chi connectivity index (χ0n) is 13.6. The van der Waals surface area contributed by atoms with Gasteiger partial charge < -0.3 is 9.30 Å². The summed E-state index contributed by atoms with van der Waals surface area (Å²) in [5.74, 6) is 2.54. The number of nitrogens with zero attached hydrogens (tertiary/aromatic N) is 3. The smallest absolute Gasteiger partial charge is 0.191 e. The van der Waals surface area contributed by atoms with E-state index in [1.165, 1.54) is 5.56 Å². The van der Waals surface area contributed by atoms with Crippen molar-refractivity contribution in [2.45, 2.75) is 24.4 Å². The van der Waals surface area contributed by atoms with Crippen molar-refractivity contribution in [3.63, 3.8) is 0 Å². The number of methoxy groups -OCH3 is 1. The fraction of sp³-hybridized carbons (Fsp3) is 0.222. The summed E-state index contributed by atoms with van der Waals surface area (Å²) in [5.41, 5.74) is 2.20. The Hall–Kier alpha value is -1.98. The average molecular weight is 360 g/mol. The molecular weight excluding hydrogens is 342 g/mol. The van der Waals surface area contributed by atoms with E-state index in [1.807, 2.05) is 36.4 Å². The maximum Gasteiger partial charge on any atom is 0.191 e. The lowest BCUT2D eigenvalue weighted by Gasteiger charge is -2.08. The van der Waals surface area contributed by atoms with Crippen LogP contribution in [-0.4, -0.2) is 21.9 Å². The lowest BCUT2D eigenvalue weighted by Crippen LogP contribution is -1.99. The molecule has 0 spiro atoms. The van der Waals surface area contributed by atoms with Crippen molar-refractivity contribution in [3.8, 4) is 17.1 Å². The molecule has 0 bridgehead atoms. The van der Waals surface area contributed by atoms with Crippen LogP contribution in [0, 0.1) is 0 Å². The minimum Gasteiger partial charge on any atom is -0.497 e. The van der Waals surface area contributed by atoms with Crippen LogP contribution in [-0.2, 0) is 12.3 Å². The first kappa shape index (κ1) is 16.9. The number of thioether (sulfide) groups is 1. The van der Waals surface area contributed by atoms with Crippen molar-refractivity contribution in [2.75, 3.05) is 7.11 Å². The van der Waals surface area contributed by atoms with Crippen molar-refractivity contribution in [1.29, 1.82) is 0 Å². The Morgan fingerprint density at radius 1 is 1.12 bits per heavy atom. The van der Waals surface area contributed by atoms with Crippen molar-refractivity contribution in [1.82, 2.24) is 14.8 Å². The standard InChI is InChI=1S/C18H18ClN3OS/c1-3-22-17(14-5-4-6-15(19)11-14)20-21-18(22)24-12-13-7-9-16(23-2)10-8-13/h4-11H,3,12H2,1-2H3. The summed E-state index contributed by atoms with van der Waals surface area (Å²) in [7, 11) is 1.67. The Labute approximate surface area is 150 Å². The molecule has 2 aromatic carbocycles. The quantitative estimate of drug-likeness (QED) is 0.586. The first-order valence-corrected chi connectivity index (χ1v) is 9.02. The van der Waals surface area contributed by atoms with Gasteiger partial charge in [-0.2, -0.15) is 0 Å². The molecule has 0 saturated carbocycles. The molecule has 0 amide bonds. The van der Waals surface area contributed by atoms with Crippen molar-refractivity contribution < 1.29 is 4.74 Å². The summed E-state index contributed by atoms with van der Waals surface area (Å²) in [4.78, 5) is 0. The second kappa shape index (κ2) is 7.73. The van der Waals surface area contributed by atoms with E-state index in [2.05, 4.69) is 33.8 Å². The number of ether oxygens (including phenoxy) is 1. The molecule has 1 aromatic heterocycles. The number of benzene rings is 2. The van der Waals surface area contributed by atoms with E-state index < -0.39 is 0 Å². The van der Waals surface area contributed by atoms with Crippen LogP contribution in [0.15, 0.2) is 53.7 Å². The van der Waals surface area contributed by atoms with E-state index in [0.29, 0.717) is 5.02 Å². The molecule has 124 valence electrons. The van der Waals surface area contributed by atoms with Gasteiger partial charge in [-0.15, -0.1) is 10.2 Å². The van der Waals surface area contributed by atoms with Crippen molar-refractivity contribution in [2.24, 2.45) is 0 Å². The molecule has 0 N–H and O–H groups in total. The first-order valence-electron chi connectivity index (χ1n) is 7.66. The molecule has 0 saturated heterocycles. The summed E-state index contributed by atoms with van der Waals surface area (Å²) in [6.45, 7) is 2.90. The monoisotopic (exact) mass is 359 g/mol. The van der Waals surface area contributed by atoms with Crippen LogP contribution < -0.4 is 4.74 Å². The third-order valence-corrected chi connectivity index (χ3v) is 4.92. The van der Waals surface area contributed by atoms with Gasteiger partial charge in [-0.05, 0) is 36.8 Å². The zero-order chi connectivity index (χ0) is 16.9. The molecule has 0 fully saturated rings. The minimum absolute atomic E-state index is 0.700. The van der Waals surface area contributed by atoms with Crippen LogP contribution in [0.3, 0.4) is 0 Å². The van der Waals surface area contributed by atoms with Gasteiger partial charge in [0.2, 0.25) is 0 Å². The number of halogens is 1. The molecule has 3 aromatic rings. The summed E-state index contributed by atoms with van der Waals surface area (Å²) in [6.07, 6.45) is 0. The highest BCUT2D eigenvalue weighted by Crippen LogP contribution is 2.28. The van der Waals surface area contributed by atoms with Gasteiger partial charge in [-0.1, -0.05) is 47.6 Å². The van der Waals surface area contributed by atoms with Gasteiger partial charge in [0.05, 0.1) is 7.11 Å². The van der Waals surface area contributed by atoms with Crippen molar-refractivity contribution >= 4 is 23.4 Å². The predicted octanol–water partition coefficient (Wildman–Crippen LogP) is 4.92. The minimum atomic E-state index is 0.700. The Balaban J connectivity index is 1.79. The van der Waals surface area contributed by atoms with E-state index in [-0.39, 0.29) is 0 Å². The summed E-state index contributed by atoms with van der Waals surface area (Å²) >= 11 is 7.76. The van der Waals surface area contributed by atoms with E-state index in [0.717, 1.165) is 34.6 Å². The highest BCUT2D eigenvalue weighted by molar-refractivity contribution is 7.98. The fourth-order valence-corrected chi connectivity index (χ4v) is 3.54. The first-order chi connectivity index (χ1) is 11.7. The lowest BCUT2D eigenvalue weighted by molar-refractivity contribution is 0.414. The summed E-state index contributed by atoms with van der Waals surface area (Å²) < 4.78 is 7.30. The van der Waals surface area contributed by atoms with E-state index in [9.17, 15) is 0 Å². The Morgan fingerprint density at radius 3 is 2.58 bits per heavy atom. The van der Waals surface area contributed by atoms with Crippen LogP contribution >= 0.6 is 23.4 Å². The SMILES string of the molecule is CCn1c(SCc2ccc(OC)cc2)nnc1-c1cccc(Cl)c1. The lowest BCUT2D eigenvalue weighted by atomic mass is 10.2. The maximum atomic E-state index is 6.09. The van der Waals surface area contributed by atoms with Crippen LogP contribution in [0.1, 0.15) is 12.5 Å². The van der Waals surface area contributed by atoms with Gasteiger partial charge in [-0.25, -0.2) is 0 Å². The van der Waals surface area contributed by atoms with Crippen LogP contribution in [0.2, 0.25) is 5.02 Å². The molecule has 0 aliphatic heterocycles. The van der Waals surface area contributed by atoms with Gasteiger partial charge in [0.15, 0.2) is 11.0 Å². The fourth-order valence-electron chi connectivity index (χ4n) is 2.39. The topological polar surface area (TPSA) is 39.9 Å². The van der Waals surface area contributed by atoms with Gasteiger partial charge in [0.25, 0.3) is 0 Å². The van der Waals surface area contributed by atoms with Crippen LogP contribution in [0.25, 0.3) is 11.4 Å². The Kier molecular flexibility index (Phi) is 5.43. The van der Waals surface area contributed by atoms with Crippen molar-refractivity contribution in [3.05, 3.63) is 59.1 Å². The molecule has 0 atom stereocenters. The number of hydrogen-bond donors (Lipinski definition) is 0. The van der Waals surface area contributed by atoms with E-state index >= 15 is 0 Å². The molecule has 3 rings (SSSR count). The van der Waals surface area contributed by atoms with Crippen LogP contribution in [0.4, 0.5) is 0 Å². The largest absolute Gasteiger partial charge is 0.497 e. The average Bonchev–Trinajstić information content (AvgIpc) is 3.03. The molecule has 0 unspecified atom stereocenters. The second-order valence-corrected chi connectivity index (χ2v) is 6.58. The van der Waals surface area contributed by atoms with E-state index in [1.54, 1.807) is 18.9 Å². The zero-order valence-corrected chi connectivity index (χ0v) is 15.1. The third kappa shape index (κ3) is 3.74.